The maximum atomic E-state index is 12.4. The van der Waals surface area contributed by atoms with Gasteiger partial charge < -0.3 is 15.4 Å². The van der Waals surface area contributed by atoms with Gasteiger partial charge in [-0.3, -0.25) is 4.79 Å². The molecule has 98 valence electrons. The molecule has 0 radical (unpaired) electrons. The van der Waals surface area contributed by atoms with E-state index < -0.39 is 6.04 Å². The van der Waals surface area contributed by atoms with Gasteiger partial charge in [0.1, 0.15) is 6.04 Å². The van der Waals surface area contributed by atoms with Crippen molar-refractivity contribution in [3.05, 3.63) is 35.9 Å². The molecule has 1 aliphatic heterocycles. The van der Waals surface area contributed by atoms with Gasteiger partial charge in [0, 0.05) is 6.54 Å². The molecule has 1 heterocycles. The Bertz CT molecular complexity index is 394. The normalized spacial score (nSPS) is 21.7. The van der Waals surface area contributed by atoms with E-state index in [1.807, 2.05) is 35.2 Å². The molecule has 1 aromatic carbocycles. The second kappa shape index (κ2) is 5.98. The molecule has 1 fully saturated rings. The second-order valence-electron chi connectivity index (χ2n) is 4.56. The van der Waals surface area contributed by atoms with Crippen LogP contribution in [0.15, 0.2) is 30.3 Å². The molecule has 4 nitrogen and oxygen atoms in total. The Morgan fingerprint density at radius 2 is 2.22 bits per heavy atom. The molecule has 1 unspecified atom stereocenters. The SMILES string of the molecule is CCC1COCCN1C(=O)[C@@H](N)c1ccccc1. The highest BCUT2D eigenvalue weighted by atomic mass is 16.5. The van der Waals surface area contributed by atoms with Crippen LogP contribution in [0.3, 0.4) is 0 Å². The zero-order valence-electron chi connectivity index (χ0n) is 10.7. The number of hydrogen-bond acceptors (Lipinski definition) is 3. The van der Waals surface area contributed by atoms with Gasteiger partial charge in [-0.25, -0.2) is 0 Å². The summed E-state index contributed by atoms with van der Waals surface area (Å²) in [5.74, 6) is -0.00338. The molecule has 2 rings (SSSR count). The van der Waals surface area contributed by atoms with Crippen molar-refractivity contribution in [2.75, 3.05) is 19.8 Å². The predicted octanol–water partition coefficient (Wildman–Crippen LogP) is 1.32. The van der Waals surface area contributed by atoms with Gasteiger partial charge in [-0.1, -0.05) is 37.3 Å². The summed E-state index contributed by atoms with van der Waals surface area (Å²) in [6.07, 6.45) is 0.896. The average molecular weight is 248 g/mol. The number of nitrogens with two attached hydrogens (primary N) is 1. The monoisotopic (exact) mass is 248 g/mol. The molecule has 1 saturated heterocycles. The number of hydrogen-bond donors (Lipinski definition) is 1. The highest BCUT2D eigenvalue weighted by Gasteiger charge is 2.29. The summed E-state index contributed by atoms with van der Waals surface area (Å²) in [5.41, 5.74) is 6.92. The Hall–Kier alpha value is -1.39. The number of ether oxygens (including phenoxy) is 1. The highest BCUT2D eigenvalue weighted by Crippen LogP contribution is 2.18. The Labute approximate surface area is 108 Å². The van der Waals surface area contributed by atoms with E-state index in [0.29, 0.717) is 19.8 Å². The zero-order chi connectivity index (χ0) is 13.0. The molecule has 2 atom stereocenters. The molecule has 0 spiro atoms. The van der Waals surface area contributed by atoms with Gasteiger partial charge >= 0.3 is 0 Å². The van der Waals surface area contributed by atoms with Crippen molar-refractivity contribution in [1.82, 2.24) is 4.90 Å². The van der Waals surface area contributed by atoms with E-state index in [1.165, 1.54) is 0 Å². The lowest BCUT2D eigenvalue weighted by molar-refractivity contribution is -0.141. The lowest BCUT2D eigenvalue weighted by atomic mass is 10.0. The fourth-order valence-electron chi connectivity index (χ4n) is 2.26. The van der Waals surface area contributed by atoms with Gasteiger partial charge in [0.2, 0.25) is 5.91 Å². The van der Waals surface area contributed by atoms with Crippen molar-refractivity contribution in [3.63, 3.8) is 0 Å². The van der Waals surface area contributed by atoms with Crippen molar-refractivity contribution in [1.29, 1.82) is 0 Å². The summed E-state index contributed by atoms with van der Waals surface area (Å²) < 4.78 is 5.40. The third-order valence-corrected chi connectivity index (χ3v) is 3.41. The van der Waals surface area contributed by atoms with E-state index in [-0.39, 0.29) is 11.9 Å². The minimum absolute atomic E-state index is 0.00338. The first-order valence-corrected chi connectivity index (χ1v) is 6.42. The summed E-state index contributed by atoms with van der Waals surface area (Å²) in [6, 6.07) is 9.09. The molecular formula is C14H20N2O2. The molecule has 18 heavy (non-hydrogen) atoms. The van der Waals surface area contributed by atoms with E-state index in [9.17, 15) is 4.79 Å². The van der Waals surface area contributed by atoms with Crippen LogP contribution >= 0.6 is 0 Å². The molecule has 0 saturated carbocycles. The van der Waals surface area contributed by atoms with Crippen LogP contribution in [0, 0.1) is 0 Å². The maximum absolute atomic E-state index is 12.4. The molecular weight excluding hydrogens is 228 g/mol. The number of morpholine rings is 1. The Morgan fingerprint density at radius 3 is 2.89 bits per heavy atom. The number of benzene rings is 1. The van der Waals surface area contributed by atoms with E-state index in [4.69, 9.17) is 10.5 Å². The highest BCUT2D eigenvalue weighted by molar-refractivity contribution is 5.83. The molecule has 1 aliphatic rings. The molecule has 0 aromatic heterocycles. The Balaban J connectivity index is 2.10. The molecule has 2 N–H and O–H groups in total. The molecule has 4 heteroatoms. The van der Waals surface area contributed by atoms with Crippen molar-refractivity contribution in [3.8, 4) is 0 Å². The quantitative estimate of drug-likeness (QED) is 0.878. The van der Waals surface area contributed by atoms with E-state index in [2.05, 4.69) is 6.92 Å². The second-order valence-corrected chi connectivity index (χ2v) is 4.56. The van der Waals surface area contributed by atoms with Gasteiger partial charge in [0.05, 0.1) is 19.3 Å². The van der Waals surface area contributed by atoms with Crippen LogP contribution < -0.4 is 5.73 Å². The number of amides is 1. The summed E-state index contributed by atoms with van der Waals surface area (Å²) in [4.78, 5) is 14.3. The van der Waals surface area contributed by atoms with Gasteiger partial charge in [0.15, 0.2) is 0 Å². The standard InChI is InChI=1S/C14H20N2O2/c1-2-12-10-18-9-8-16(12)14(17)13(15)11-6-4-3-5-7-11/h3-7,12-13H,2,8-10,15H2,1H3/t12?,13-/m0/s1. The third-order valence-electron chi connectivity index (χ3n) is 3.41. The van der Waals surface area contributed by atoms with Crippen LogP contribution in [-0.4, -0.2) is 36.6 Å². The first kappa shape index (κ1) is 13.1. The lowest BCUT2D eigenvalue weighted by Gasteiger charge is -2.36. The average Bonchev–Trinajstić information content (AvgIpc) is 2.46. The Morgan fingerprint density at radius 1 is 1.50 bits per heavy atom. The minimum atomic E-state index is -0.571. The van der Waals surface area contributed by atoms with Gasteiger partial charge in [0.25, 0.3) is 0 Å². The predicted molar refractivity (Wildman–Crippen MR) is 70.0 cm³/mol. The van der Waals surface area contributed by atoms with Crippen LogP contribution in [0.4, 0.5) is 0 Å². The first-order chi connectivity index (χ1) is 8.74. The lowest BCUT2D eigenvalue weighted by Crippen LogP contribution is -2.51. The zero-order valence-corrected chi connectivity index (χ0v) is 10.7. The third kappa shape index (κ3) is 2.71. The van der Waals surface area contributed by atoms with Crippen molar-refractivity contribution < 1.29 is 9.53 Å². The van der Waals surface area contributed by atoms with Gasteiger partial charge in [-0.2, -0.15) is 0 Å². The summed E-state index contributed by atoms with van der Waals surface area (Å²) in [7, 11) is 0. The number of carbonyl (C=O) groups is 1. The first-order valence-electron chi connectivity index (χ1n) is 6.42. The molecule has 0 bridgehead atoms. The summed E-state index contributed by atoms with van der Waals surface area (Å²) >= 11 is 0. The van der Waals surface area contributed by atoms with E-state index >= 15 is 0 Å². The molecule has 1 amide bonds. The minimum Gasteiger partial charge on any atom is -0.377 e. The van der Waals surface area contributed by atoms with Gasteiger partial charge in [-0.05, 0) is 12.0 Å². The van der Waals surface area contributed by atoms with Crippen molar-refractivity contribution >= 4 is 5.91 Å². The maximum Gasteiger partial charge on any atom is 0.244 e. The number of nitrogens with zero attached hydrogens (tertiary/aromatic N) is 1. The fraction of sp³-hybridized carbons (Fsp3) is 0.500. The topological polar surface area (TPSA) is 55.6 Å². The van der Waals surface area contributed by atoms with Crippen LogP contribution in [0.5, 0.6) is 0 Å². The summed E-state index contributed by atoms with van der Waals surface area (Å²) in [6.45, 7) is 3.92. The Kier molecular flexibility index (Phi) is 4.33. The van der Waals surface area contributed by atoms with E-state index in [1.54, 1.807) is 0 Å². The smallest absolute Gasteiger partial charge is 0.244 e. The van der Waals surface area contributed by atoms with Gasteiger partial charge in [-0.15, -0.1) is 0 Å². The summed E-state index contributed by atoms with van der Waals surface area (Å²) in [5, 5.41) is 0. The number of rotatable bonds is 3. The largest absolute Gasteiger partial charge is 0.377 e. The number of carbonyl (C=O) groups excluding carboxylic acids is 1. The van der Waals surface area contributed by atoms with Crippen LogP contribution in [0.2, 0.25) is 0 Å². The van der Waals surface area contributed by atoms with Crippen LogP contribution in [0.1, 0.15) is 24.9 Å². The van der Waals surface area contributed by atoms with Crippen LogP contribution in [0.25, 0.3) is 0 Å². The van der Waals surface area contributed by atoms with Crippen molar-refractivity contribution in [2.24, 2.45) is 5.73 Å². The molecule has 1 aromatic rings. The van der Waals surface area contributed by atoms with Crippen molar-refractivity contribution in [2.45, 2.75) is 25.4 Å². The fourth-order valence-corrected chi connectivity index (χ4v) is 2.26. The van der Waals surface area contributed by atoms with Crippen LogP contribution in [-0.2, 0) is 9.53 Å². The van der Waals surface area contributed by atoms with E-state index in [0.717, 1.165) is 12.0 Å². The molecule has 0 aliphatic carbocycles.